The van der Waals surface area contributed by atoms with Crippen molar-refractivity contribution in [3.63, 3.8) is 0 Å². The highest BCUT2D eigenvalue weighted by molar-refractivity contribution is 7.88. The van der Waals surface area contributed by atoms with Gasteiger partial charge in [0, 0.05) is 44.3 Å². The van der Waals surface area contributed by atoms with Crippen LogP contribution in [0.2, 0.25) is 0 Å². The van der Waals surface area contributed by atoms with Crippen LogP contribution in [0.4, 0.5) is 0 Å². The van der Waals surface area contributed by atoms with Crippen LogP contribution in [0.5, 0.6) is 0 Å². The van der Waals surface area contributed by atoms with E-state index in [-0.39, 0.29) is 67.1 Å². The molecule has 10 N–H and O–H groups in total. The smallest absolute Gasteiger partial charge is 0.294 e. The van der Waals surface area contributed by atoms with Gasteiger partial charge in [-0.3, -0.25) is 36.4 Å². The van der Waals surface area contributed by atoms with E-state index in [0.29, 0.717) is 72.8 Å². The molecule has 2 aliphatic heterocycles. The molecule has 0 amide bonds. The molecule has 0 fully saturated rings. The van der Waals surface area contributed by atoms with Gasteiger partial charge in [-0.1, -0.05) is 0 Å². The maximum atomic E-state index is 12.7. The van der Waals surface area contributed by atoms with Crippen LogP contribution in [0.1, 0.15) is 22.8 Å². The second kappa shape index (κ2) is 19.2. The minimum absolute atomic E-state index is 0.270. The summed E-state index contributed by atoms with van der Waals surface area (Å²) in [4.78, 5) is 6.03. The lowest BCUT2D eigenvalue weighted by Gasteiger charge is -2.11. The number of aromatic nitrogens is 4. The third-order valence-corrected chi connectivity index (χ3v) is 18.5. The van der Waals surface area contributed by atoms with Gasteiger partial charge in [-0.25, -0.2) is 9.97 Å². The molecule has 80 heavy (non-hydrogen) atoms. The molecule has 0 spiro atoms. The fourth-order valence-electron chi connectivity index (χ4n) is 8.48. The summed E-state index contributed by atoms with van der Waals surface area (Å²) in [6.45, 7) is 0. The largest absolute Gasteiger partial charge is 0.354 e. The Morgan fingerprint density at radius 3 is 0.537 bits per heavy atom. The molecule has 3 aromatic heterocycles. The molecule has 4 aromatic carbocycles. The second-order valence-electron chi connectivity index (χ2n) is 17.1. The Labute approximate surface area is 451 Å². The Kier molecular flexibility index (Phi) is 13.8. The maximum Gasteiger partial charge on any atom is 0.294 e. The summed E-state index contributed by atoms with van der Waals surface area (Å²) >= 11 is 0. The van der Waals surface area contributed by atoms with Gasteiger partial charge in [0.2, 0.25) is 0 Å². The van der Waals surface area contributed by atoms with Gasteiger partial charge in [0.05, 0.1) is 61.9 Å². The first-order valence-corrected chi connectivity index (χ1v) is 32.7. The van der Waals surface area contributed by atoms with E-state index in [1.165, 1.54) is 24.3 Å². The van der Waals surface area contributed by atoms with Crippen molar-refractivity contribution in [2.45, 2.75) is 39.2 Å². The summed E-state index contributed by atoms with van der Waals surface area (Å²) in [6.07, 6.45) is 4.59. The van der Waals surface area contributed by atoms with Crippen molar-refractivity contribution in [2.75, 3.05) is 0 Å². The molecule has 418 valence electrons. The fraction of sp³-hybridized carbons (Fsp3) is 0. The summed E-state index contributed by atoms with van der Waals surface area (Å²) in [5, 5.41) is 0. The number of benzene rings is 4. The van der Waals surface area contributed by atoms with E-state index < -0.39 is 142 Å². The third-order valence-electron chi connectivity index (χ3n) is 11.8. The molecule has 5 heterocycles. The van der Waals surface area contributed by atoms with Crippen molar-refractivity contribution >= 4 is 127 Å². The summed E-state index contributed by atoms with van der Waals surface area (Å²) in [5.74, 6) is 0. The van der Waals surface area contributed by atoms with Gasteiger partial charge in [-0.15, -0.1) is 0 Å². The number of hydrogen-bond acceptors (Lipinski definition) is 18. The SMILES string of the molecule is O=S(=O)(O)c1cc(-c2c3nc(c(-c4cc(S(=O)(=O)O)cc(S(=O)(=O)O)c4)c4ccc([nH]4)c(-c4cc(S(=O)(=O)O)cc(S(=O)(=O)O)c4)c4nc(c(-c5cc(S(=O)(=O)O)cc(S(=O)(=O)O)c5)c5ccc2[nH]5)C=C4)C=C3)cc(S(=O)(=O)O)c1. The van der Waals surface area contributed by atoms with Crippen LogP contribution >= 0.6 is 0 Å². The number of H-pyrrole nitrogens is 2. The van der Waals surface area contributed by atoms with Gasteiger partial charge in [0.15, 0.2) is 0 Å². The zero-order chi connectivity index (χ0) is 58.8. The summed E-state index contributed by atoms with van der Waals surface area (Å²) < 4.78 is 285. The molecule has 0 unspecified atom stereocenters. The van der Waals surface area contributed by atoms with E-state index in [9.17, 15) is 104 Å². The highest BCUT2D eigenvalue weighted by Crippen LogP contribution is 2.42. The molecule has 0 aliphatic carbocycles. The van der Waals surface area contributed by atoms with E-state index in [1.807, 2.05) is 0 Å². The lowest BCUT2D eigenvalue weighted by molar-refractivity contribution is 0.476. The topological polar surface area (TPSA) is 492 Å². The van der Waals surface area contributed by atoms with Crippen molar-refractivity contribution in [1.82, 2.24) is 19.9 Å². The molecule has 2 aliphatic rings. The van der Waals surface area contributed by atoms with Crippen LogP contribution in [0.25, 0.3) is 90.9 Å². The van der Waals surface area contributed by atoms with Crippen molar-refractivity contribution in [3.05, 3.63) is 120 Å². The zero-order valence-electron chi connectivity index (χ0n) is 38.8. The van der Waals surface area contributed by atoms with Crippen LogP contribution in [0.15, 0.2) is 136 Å². The lowest BCUT2D eigenvalue weighted by atomic mass is 10.0. The molecule has 0 radical (unpaired) electrons. The van der Waals surface area contributed by atoms with Crippen LogP contribution in [-0.4, -0.2) is 124 Å². The summed E-state index contributed by atoms with van der Waals surface area (Å²) in [5.41, 5.74) is -6.02. The van der Waals surface area contributed by atoms with E-state index in [2.05, 4.69) is 19.9 Å². The van der Waals surface area contributed by atoms with Crippen molar-refractivity contribution in [1.29, 1.82) is 0 Å². The molecule has 0 saturated carbocycles. The molecular weight excluding hydrogens is 1230 g/mol. The first kappa shape index (κ1) is 57.4. The summed E-state index contributed by atoms with van der Waals surface area (Å²) in [7, 11) is -42.9. The Morgan fingerprint density at radius 2 is 0.400 bits per heavy atom. The van der Waals surface area contributed by atoms with E-state index in [1.54, 1.807) is 0 Å². The molecule has 36 heteroatoms. The molecule has 7 aromatic rings. The molecule has 0 saturated heterocycles. The minimum Gasteiger partial charge on any atom is -0.354 e. The number of fused-ring (bicyclic) bond motifs is 8. The maximum absolute atomic E-state index is 12.7. The van der Waals surface area contributed by atoms with E-state index >= 15 is 0 Å². The minimum atomic E-state index is -5.37. The Balaban J connectivity index is 1.59. The Morgan fingerprint density at radius 1 is 0.250 bits per heavy atom. The number of nitrogens with zero attached hydrogens (tertiary/aromatic N) is 2. The van der Waals surface area contributed by atoms with Gasteiger partial charge in [0.1, 0.15) is 0 Å². The monoisotopic (exact) mass is 1250 g/mol. The number of rotatable bonds is 12. The standard InChI is InChI=1S/C44H30N4O24S8/c49-73(50,51)25-9-21(10-26(17-25)74(52,53)54)41-33-1-2-34(45-33)42(22-11-27(75(55,56)57)18-28(12-22)76(58,59)60)36-5-6-38(47-36)44(24-15-31(79(67,68)69)20-32(16-24)80(70,71)72)40-8-7-39(48-40)43(37-4-3-35(41)46-37)23-13-29(77(61,62)63)19-30(14-23)78(64,65)66/h1-20,45,48H,(H,49,50,51)(H,52,53,54)(H,55,56,57)(H,58,59,60)(H,61,62,63)(H,64,65,66)(H,67,68,69)(H,70,71,72). The first-order chi connectivity index (χ1) is 36.6. The third kappa shape index (κ3) is 11.5. The average molecular weight is 1260 g/mol. The van der Waals surface area contributed by atoms with Gasteiger partial charge in [-0.2, -0.15) is 67.3 Å². The zero-order valence-corrected chi connectivity index (χ0v) is 45.3. The van der Waals surface area contributed by atoms with E-state index in [4.69, 9.17) is 0 Å². The predicted molar refractivity (Wildman–Crippen MR) is 279 cm³/mol. The Hall–Kier alpha value is -7.24. The van der Waals surface area contributed by atoms with Crippen molar-refractivity contribution in [2.24, 2.45) is 0 Å². The highest BCUT2D eigenvalue weighted by Gasteiger charge is 2.28. The quantitative estimate of drug-likeness (QED) is 0.0694. The van der Waals surface area contributed by atoms with Gasteiger partial charge >= 0.3 is 0 Å². The van der Waals surface area contributed by atoms with Crippen LogP contribution in [0.3, 0.4) is 0 Å². The normalized spacial score (nSPS) is 13.7. The predicted octanol–water partition coefficient (Wildman–Crippen LogP) is 5.30. The fourth-order valence-corrected chi connectivity index (χ4v) is 13.2. The molecule has 28 nitrogen and oxygen atoms in total. The van der Waals surface area contributed by atoms with Crippen molar-refractivity contribution < 1.29 is 104 Å². The van der Waals surface area contributed by atoms with Gasteiger partial charge in [-0.05, 0) is 144 Å². The van der Waals surface area contributed by atoms with Gasteiger partial charge in [0.25, 0.3) is 80.9 Å². The number of hydrogen-bond donors (Lipinski definition) is 10. The van der Waals surface area contributed by atoms with Crippen LogP contribution in [0, 0.1) is 0 Å². The highest BCUT2D eigenvalue weighted by atomic mass is 32.2. The molecule has 0 atom stereocenters. The number of nitrogens with one attached hydrogen (secondary N) is 2. The number of aromatic amines is 2. The first-order valence-electron chi connectivity index (χ1n) is 21.2. The van der Waals surface area contributed by atoms with Crippen LogP contribution < -0.4 is 0 Å². The van der Waals surface area contributed by atoms with Gasteiger partial charge < -0.3 is 9.97 Å². The molecule has 9 rings (SSSR count). The van der Waals surface area contributed by atoms with Crippen molar-refractivity contribution in [3.8, 4) is 44.5 Å². The summed E-state index contributed by atoms with van der Waals surface area (Å²) in [6, 6.07) is 12.0. The van der Waals surface area contributed by atoms with Crippen LogP contribution in [-0.2, 0) is 80.9 Å². The Bertz CT molecular complexity index is 4330. The second-order valence-corrected chi connectivity index (χ2v) is 28.4. The lowest BCUT2D eigenvalue weighted by Crippen LogP contribution is -2.04. The molecule has 8 bridgehead atoms. The molecular formula is C44H30N4O24S8. The van der Waals surface area contributed by atoms with E-state index in [0.717, 1.165) is 24.3 Å². The average Bonchev–Trinajstić information content (AvgIpc) is 4.17.